The Morgan fingerprint density at radius 3 is 2.39 bits per heavy atom. The number of rotatable bonds is 6. The predicted molar refractivity (Wildman–Crippen MR) is 92.8 cm³/mol. The van der Waals surface area contributed by atoms with Crippen LogP contribution < -0.4 is 9.46 Å². The summed E-state index contributed by atoms with van der Waals surface area (Å²) in [7, 11) is -3.64. The third-order valence-electron chi connectivity index (χ3n) is 3.64. The van der Waals surface area contributed by atoms with Gasteiger partial charge in [0, 0.05) is 6.54 Å². The van der Waals surface area contributed by atoms with Crippen LogP contribution in [0.4, 0.5) is 0 Å². The molecule has 0 amide bonds. The van der Waals surface area contributed by atoms with Gasteiger partial charge >= 0.3 is 0 Å². The fraction of sp³-hybridized carbons (Fsp3) is 0.294. The Labute approximate surface area is 142 Å². The van der Waals surface area contributed by atoms with E-state index in [9.17, 15) is 8.42 Å². The van der Waals surface area contributed by atoms with E-state index in [0.29, 0.717) is 0 Å². The normalized spacial score (nSPS) is 11.5. The van der Waals surface area contributed by atoms with Crippen LogP contribution in [0.2, 0.25) is 5.02 Å². The first-order valence-electron chi connectivity index (χ1n) is 7.26. The number of benzene rings is 2. The lowest BCUT2D eigenvalue weighted by atomic mass is 10.1. The van der Waals surface area contributed by atoms with E-state index in [1.807, 2.05) is 32.9 Å². The zero-order chi connectivity index (χ0) is 17.0. The van der Waals surface area contributed by atoms with Gasteiger partial charge in [-0.05, 0) is 49.6 Å². The molecule has 0 heterocycles. The number of aryl methyl sites for hydroxylation is 2. The van der Waals surface area contributed by atoms with E-state index < -0.39 is 10.0 Å². The van der Waals surface area contributed by atoms with Crippen molar-refractivity contribution in [2.75, 3.05) is 13.2 Å². The maximum atomic E-state index is 12.2. The number of sulfonamides is 1. The minimum atomic E-state index is -3.64. The molecule has 0 fully saturated rings. The van der Waals surface area contributed by atoms with Gasteiger partial charge in [0.2, 0.25) is 10.0 Å². The molecule has 23 heavy (non-hydrogen) atoms. The Bertz CT molecular complexity index is 803. The molecular formula is C17H20ClNO3S. The van der Waals surface area contributed by atoms with Crippen LogP contribution >= 0.6 is 11.6 Å². The van der Waals surface area contributed by atoms with Crippen LogP contribution in [-0.2, 0) is 10.0 Å². The molecule has 1 N–H and O–H groups in total. The average Bonchev–Trinajstić information content (AvgIpc) is 2.50. The number of ether oxygens (including phenoxy) is 1. The molecular weight excluding hydrogens is 334 g/mol. The standard InChI is InChI=1S/C17H20ClNO3S/c1-12-8-9-13(2)17(14(12)3)22-11-10-19-23(20,21)16-7-5-4-6-15(16)18/h4-9,19H,10-11H2,1-3H3. The molecule has 4 nitrogen and oxygen atoms in total. The van der Waals surface area contributed by atoms with Gasteiger partial charge in [0.25, 0.3) is 0 Å². The number of halogens is 1. The van der Waals surface area contributed by atoms with Crippen molar-refractivity contribution < 1.29 is 13.2 Å². The van der Waals surface area contributed by atoms with Crippen molar-refractivity contribution in [3.8, 4) is 5.75 Å². The van der Waals surface area contributed by atoms with Crippen molar-refractivity contribution in [1.29, 1.82) is 0 Å². The van der Waals surface area contributed by atoms with Crippen LogP contribution in [0.25, 0.3) is 0 Å². The summed E-state index contributed by atoms with van der Waals surface area (Å²) in [6.07, 6.45) is 0. The highest BCUT2D eigenvalue weighted by atomic mass is 35.5. The van der Waals surface area contributed by atoms with Crippen molar-refractivity contribution in [2.45, 2.75) is 25.7 Å². The molecule has 2 rings (SSSR count). The monoisotopic (exact) mass is 353 g/mol. The Kier molecular flexibility index (Phi) is 5.68. The van der Waals surface area contributed by atoms with Gasteiger partial charge in [0.1, 0.15) is 17.3 Å². The maximum Gasteiger partial charge on any atom is 0.242 e. The van der Waals surface area contributed by atoms with Gasteiger partial charge in [-0.25, -0.2) is 13.1 Å². The second-order valence-corrected chi connectivity index (χ2v) is 7.47. The molecule has 0 aliphatic heterocycles. The highest BCUT2D eigenvalue weighted by Crippen LogP contribution is 2.25. The number of nitrogens with one attached hydrogen (secondary N) is 1. The molecule has 0 radical (unpaired) electrons. The molecule has 0 spiro atoms. The van der Waals surface area contributed by atoms with E-state index in [1.165, 1.54) is 6.07 Å². The van der Waals surface area contributed by atoms with E-state index in [-0.39, 0.29) is 23.1 Å². The highest BCUT2D eigenvalue weighted by molar-refractivity contribution is 7.89. The molecule has 0 saturated carbocycles. The Balaban J connectivity index is 1.99. The zero-order valence-electron chi connectivity index (χ0n) is 13.4. The van der Waals surface area contributed by atoms with Crippen molar-refractivity contribution in [2.24, 2.45) is 0 Å². The summed E-state index contributed by atoms with van der Waals surface area (Å²) in [5.41, 5.74) is 3.24. The summed E-state index contributed by atoms with van der Waals surface area (Å²) < 4.78 is 32.7. The van der Waals surface area contributed by atoms with Crippen LogP contribution in [0.5, 0.6) is 5.75 Å². The predicted octanol–water partition coefficient (Wildman–Crippen LogP) is 3.62. The van der Waals surface area contributed by atoms with Gasteiger partial charge in [-0.15, -0.1) is 0 Å². The molecule has 0 unspecified atom stereocenters. The summed E-state index contributed by atoms with van der Waals surface area (Å²) in [6, 6.07) is 10.4. The molecule has 6 heteroatoms. The second-order valence-electron chi connectivity index (χ2n) is 5.33. The van der Waals surface area contributed by atoms with Crippen molar-refractivity contribution >= 4 is 21.6 Å². The molecule has 0 aliphatic carbocycles. The van der Waals surface area contributed by atoms with Gasteiger partial charge in [0.15, 0.2) is 0 Å². The second kappa shape index (κ2) is 7.34. The molecule has 2 aromatic rings. The smallest absolute Gasteiger partial charge is 0.242 e. The fourth-order valence-electron chi connectivity index (χ4n) is 2.22. The largest absolute Gasteiger partial charge is 0.492 e. The fourth-order valence-corrected chi connectivity index (χ4v) is 3.75. The SMILES string of the molecule is Cc1ccc(C)c(OCCNS(=O)(=O)c2ccccc2Cl)c1C. The third-order valence-corrected chi connectivity index (χ3v) is 5.60. The molecule has 0 aromatic heterocycles. The molecule has 0 aliphatic rings. The quantitative estimate of drug-likeness (QED) is 0.807. The summed E-state index contributed by atoms with van der Waals surface area (Å²) in [5.74, 6) is 0.807. The topological polar surface area (TPSA) is 55.4 Å². The molecule has 0 saturated heterocycles. The van der Waals surface area contributed by atoms with Crippen LogP contribution in [0, 0.1) is 20.8 Å². The Morgan fingerprint density at radius 2 is 1.70 bits per heavy atom. The highest BCUT2D eigenvalue weighted by Gasteiger charge is 2.16. The first kappa shape index (κ1) is 17.8. The first-order chi connectivity index (χ1) is 10.8. The van der Waals surface area contributed by atoms with Crippen molar-refractivity contribution in [3.63, 3.8) is 0 Å². The van der Waals surface area contributed by atoms with Crippen molar-refractivity contribution in [1.82, 2.24) is 4.72 Å². The summed E-state index contributed by atoms with van der Waals surface area (Å²) in [4.78, 5) is 0.0737. The van der Waals surface area contributed by atoms with Crippen LogP contribution in [0.1, 0.15) is 16.7 Å². The van der Waals surface area contributed by atoms with E-state index >= 15 is 0 Å². The molecule has 0 atom stereocenters. The van der Waals surface area contributed by atoms with E-state index in [1.54, 1.807) is 18.2 Å². The summed E-state index contributed by atoms with van der Waals surface area (Å²) in [5, 5.41) is 0.200. The summed E-state index contributed by atoms with van der Waals surface area (Å²) in [6.45, 7) is 6.39. The van der Waals surface area contributed by atoms with Gasteiger partial charge in [0.05, 0.1) is 5.02 Å². The van der Waals surface area contributed by atoms with E-state index in [2.05, 4.69) is 4.72 Å². The lowest BCUT2D eigenvalue weighted by Gasteiger charge is -2.14. The average molecular weight is 354 g/mol. The van der Waals surface area contributed by atoms with E-state index in [0.717, 1.165) is 22.4 Å². The van der Waals surface area contributed by atoms with Gasteiger partial charge in [-0.1, -0.05) is 35.9 Å². The maximum absolute atomic E-state index is 12.2. The lowest BCUT2D eigenvalue weighted by molar-refractivity contribution is 0.318. The number of hydrogen-bond donors (Lipinski definition) is 1. The molecule has 0 bridgehead atoms. The minimum Gasteiger partial charge on any atom is -0.492 e. The summed E-state index contributed by atoms with van der Waals surface area (Å²) >= 11 is 5.93. The van der Waals surface area contributed by atoms with Crippen LogP contribution in [-0.4, -0.2) is 21.6 Å². The third kappa shape index (κ3) is 4.25. The van der Waals surface area contributed by atoms with Crippen LogP contribution in [0.15, 0.2) is 41.3 Å². The zero-order valence-corrected chi connectivity index (χ0v) is 15.0. The van der Waals surface area contributed by atoms with Gasteiger partial charge < -0.3 is 4.74 Å². The van der Waals surface area contributed by atoms with Crippen LogP contribution in [0.3, 0.4) is 0 Å². The minimum absolute atomic E-state index is 0.0737. The molecule has 2 aromatic carbocycles. The lowest BCUT2D eigenvalue weighted by Crippen LogP contribution is -2.28. The number of hydrogen-bond acceptors (Lipinski definition) is 3. The Morgan fingerprint density at radius 1 is 1.04 bits per heavy atom. The van der Waals surface area contributed by atoms with Crippen molar-refractivity contribution in [3.05, 3.63) is 58.1 Å². The van der Waals surface area contributed by atoms with Gasteiger partial charge in [-0.3, -0.25) is 0 Å². The molecule has 124 valence electrons. The first-order valence-corrected chi connectivity index (χ1v) is 9.13. The van der Waals surface area contributed by atoms with Gasteiger partial charge in [-0.2, -0.15) is 0 Å². The Hall–Kier alpha value is -1.56. The van der Waals surface area contributed by atoms with E-state index in [4.69, 9.17) is 16.3 Å².